The summed E-state index contributed by atoms with van der Waals surface area (Å²) in [6, 6.07) is 21.3. The van der Waals surface area contributed by atoms with Gasteiger partial charge < -0.3 is 0 Å². The molecular weight excluding hydrogens is 237 g/mol. The topological polar surface area (TPSA) is 12.4 Å². The molecule has 0 amide bonds. The fourth-order valence-corrected chi connectivity index (χ4v) is 3.65. The third kappa shape index (κ3) is 3.51. The van der Waals surface area contributed by atoms with Crippen LogP contribution in [0.5, 0.6) is 0 Å². The molecule has 0 aromatic heterocycles. The lowest BCUT2D eigenvalue weighted by Gasteiger charge is -1.95. The van der Waals surface area contributed by atoms with E-state index in [4.69, 9.17) is 4.74 Å². The molecule has 2 rings (SSSR count). The van der Waals surface area contributed by atoms with Gasteiger partial charge in [0.2, 0.25) is 0 Å². The minimum absolute atomic E-state index is 0.537. The molecule has 0 unspecified atom stereocenters. The van der Waals surface area contributed by atoms with Gasteiger partial charge in [-0.05, 0) is 30.7 Å². The van der Waals surface area contributed by atoms with Gasteiger partial charge in [-0.3, -0.25) is 0 Å². The Morgan fingerprint density at radius 3 is 1.78 bits per heavy atom. The fraction of sp³-hybridized carbons (Fsp3) is 0.250. The maximum Gasteiger partial charge on any atom is 0.276 e. The molecule has 2 aromatic rings. The van der Waals surface area contributed by atoms with Gasteiger partial charge in [0.15, 0.2) is 10.6 Å². The van der Waals surface area contributed by atoms with Crippen LogP contribution in [-0.2, 0) is 0 Å². The lowest BCUT2D eigenvalue weighted by atomic mass is 10.3. The summed E-state index contributed by atoms with van der Waals surface area (Å²) in [5, 5.41) is 2.68. The summed E-state index contributed by atoms with van der Waals surface area (Å²) < 4.78 is 4.92. The first-order chi connectivity index (χ1) is 8.92. The molecule has 0 aliphatic rings. The average Bonchev–Trinajstić information content (AvgIpc) is 2.46. The van der Waals surface area contributed by atoms with Crippen LogP contribution in [0.2, 0.25) is 0 Å². The minimum atomic E-state index is -0.537. The van der Waals surface area contributed by atoms with E-state index in [1.807, 2.05) is 0 Å². The zero-order valence-electron chi connectivity index (χ0n) is 10.8. The number of rotatable bonds is 5. The molecule has 2 heteroatoms. The molecule has 92 valence electrons. The second kappa shape index (κ2) is 7.08. The van der Waals surface area contributed by atoms with Crippen LogP contribution in [0.1, 0.15) is 19.8 Å². The molecule has 0 heterocycles. The third-order valence-corrected chi connectivity index (χ3v) is 4.81. The molecule has 0 saturated carbocycles. The van der Waals surface area contributed by atoms with Crippen LogP contribution < -0.4 is 10.6 Å². The highest BCUT2D eigenvalue weighted by molar-refractivity contribution is 7.63. The first-order valence-electron chi connectivity index (χ1n) is 6.49. The Kier molecular flexibility index (Phi) is 5.11. The normalized spacial score (nSPS) is 10.1. The molecule has 0 atom stereocenters. The maximum atomic E-state index is 4.92. The quantitative estimate of drug-likeness (QED) is 0.564. The van der Waals surface area contributed by atoms with E-state index >= 15 is 0 Å². The highest BCUT2D eigenvalue weighted by atomic mass is 31.1. The summed E-state index contributed by atoms with van der Waals surface area (Å²) in [5.74, 6) is 0. The molecule has 0 spiro atoms. The van der Waals surface area contributed by atoms with Crippen molar-refractivity contribution < 1.29 is 0 Å². The van der Waals surface area contributed by atoms with Crippen molar-refractivity contribution in [3.63, 3.8) is 0 Å². The van der Waals surface area contributed by atoms with E-state index in [1.165, 1.54) is 23.5 Å². The van der Waals surface area contributed by atoms with Gasteiger partial charge in [-0.25, -0.2) is 0 Å². The van der Waals surface area contributed by atoms with E-state index in [0.717, 1.165) is 6.54 Å². The summed E-state index contributed by atoms with van der Waals surface area (Å²) in [7, 11) is -0.537. The van der Waals surface area contributed by atoms with E-state index in [9.17, 15) is 0 Å². The molecule has 0 radical (unpaired) electrons. The monoisotopic (exact) mass is 256 g/mol. The molecule has 0 N–H and O–H groups in total. The van der Waals surface area contributed by atoms with Gasteiger partial charge in [0, 0.05) is 0 Å². The van der Waals surface area contributed by atoms with Crippen LogP contribution in [0.3, 0.4) is 0 Å². The van der Waals surface area contributed by atoms with Gasteiger partial charge in [-0.2, -0.15) is 0 Å². The number of hydrogen-bond donors (Lipinski definition) is 0. The minimum Gasteiger partial charge on any atom is -0.0989 e. The van der Waals surface area contributed by atoms with Gasteiger partial charge in [-0.1, -0.05) is 54.5 Å². The number of benzene rings is 2. The molecule has 18 heavy (non-hydrogen) atoms. The number of unbranched alkanes of at least 4 members (excludes halogenated alkanes) is 1. The average molecular weight is 256 g/mol. The van der Waals surface area contributed by atoms with Crippen molar-refractivity contribution in [1.82, 2.24) is 0 Å². The fourth-order valence-electron chi connectivity index (χ4n) is 1.78. The van der Waals surface area contributed by atoms with Gasteiger partial charge in [0.05, 0.1) is 6.54 Å². The number of hydrogen-bond acceptors (Lipinski definition) is 1. The number of nitrogens with zero attached hydrogens (tertiary/aromatic N) is 1. The maximum absolute atomic E-state index is 4.92. The summed E-state index contributed by atoms with van der Waals surface area (Å²) in [4.78, 5) is 0. The first-order valence-corrected chi connectivity index (χ1v) is 7.79. The van der Waals surface area contributed by atoms with Crippen LogP contribution in [0.25, 0.3) is 0 Å². The van der Waals surface area contributed by atoms with Crippen molar-refractivity contribution in [3.8, 4) is 0 Å². The first kappa shape index (κ1) is 13.0. The Hall–Kier alpha value is -1.46. The molecule has 2 aromatic carbocycles. The smallest absolute Gasteiger partial charge is 0.0989 e. The van der Waals surface area contributed by atoms with Crippen molar-refractivity contribution in [3.05, 3.63) is 60.7 Å². The Balaban J connectivity index is 2.33. The molecule has 0 aliphatic heterocycles. The Bertz CT molecular complexity index is 450. The van der Waals surface area contributed by atoms with E-state index in [0.29, 0.717) is 0 Å². The lowest BCUT2D eigenvalue weighted by molar-refractivity contribution is 0.814. The molecule has 0 bridgehead atoms. The standard InChI is InChI=1S/C16H19NP/c1-2-3-14-17-18(15-10-6-4-7-11-15)16-12-8-5-9-13-16/h4-13H,2-3,14H2,1H3/q+1. The summed E-state index contributed by atoms with van der Waals surface area (Å²) in [5.41, 5.74) is 0. The second-order valence-electron chi connectivity index (χ2n) is 4.20. The highest BCUT2D eigenvalue weighted by Gasteiger charge is 2.19. The van der Waals surface area contributed by atoms with E-state index < -0.39 is 7.71 Å². The van der Waals surface area contributed by atoms with Crippen molar-refractivity contribution >= 4 is 18.3 Å². The second-order valence-corrected chi connectivity index (χ2v) is 6.14. The van der Waals surface area contributed by atoms with Crippen molar-refractivity contribution in [2.24, 2.45) is 4.74 Å². The SMILES string of the molecule is CCCCN=[P+](c1ccccc1)c1ccccc1. The molecule has 0 aliphatic carbocycles. The Morgan fingerprint density at radius 1 is 0.833 bits per heavy atom. The lowest BCUT2D eigenvalue weighted by Crippen LogP contribution is -2.06. The third-order valence-electron chi connectivity index (χ3n) is 2.75. The van der Waals surface area contributed by atoms with E-state index in [1.54, 1.807) is 0 Å². The van der Waals surface area contributed by atoms with Crippen LogP contribution in [0.15, 0.2) is 65.4 Å². The van der Waals surface area contributed by atoms with Crippen LogP contribution >= 0.6 is 7.71 Å². The summed E-state index contributed by atoms with van der Waals surface area (Å²) in [6.07, 6.45) is 2.38. The van der Waals surface area contributed by atoms with E-state index in [2.05, 4.69) is 67.6 Å². The van der Waals surface area contributed by atoms with Crippen molar-refractivity contribution in [2.45, 2.75) is 19.8 Å². The molecular formula is C16H19NP+. The van der Waals surface area contributed by atoms with Crippen LogP contribution in [0, 0.1) is 0 Å². The predicted octanol–water partition coefficient (Wildman–Crippen LogP) is 4.10. The summed E-state index contributed by atoms with van der Waals surface area (Å²) in [6.45, 7) is 3.18. The zero-order valence-corrected chi connectivity index (χ0v) is 11.7. The van der Waals surface area contributed by atoms with Crippen LogP contribution in [-0.4, -0.2) is 6.54 Å². The van der Waals surface area contributed by atoms with Gasteiger partial charge >= 0.3 is 0 Å². The molecule has 0 saturated heterocycles. The summed E-state index contributed by atoms with van der Waals surface area (Å²) >= 11 is 0. The van der Waals surface area contributed by atoms with Gasteiger partial charge in [0.1, 0.15) is 0 Å². The van der Waals surface area contributed by atoms with Crippen molar-refractivity contribution in [1.29, 1.82) is 0 Å². The van der Waals surface area contributed by atoms with Gasteiger partial charge in [0.25, 0.3) is 7.71 Å². The Morgan fingerprint density at radius 2 is 1.33 bits per heavy atom. The largest absolute Gasteiger partial charge is 0.276 e. The molecule has 1 nitrogen and oxygen atoms in total. The van der Waals surface area contributed by atoms with Crippen LogP contribution in [0.4, 0.5) is 0 Å². The van der Waals surface area contributed by atoms with Gasteiger partial charge in [-0.15, -0.1) is 0 Å². The Labute approximate surface area is 110 Å². The predicted molar refractivity (Wildman–Crippen MR) is 81.3 cm³/mol. The zero-order chi connectivity index (χ0) is 12.6. The highest BCUT2D eigenvalue weighted by Crippen LogP contribution is 2.24. The van der Waals surface area contributed by atoms with Crippen molar-refractivity contribution in [2.75, 3.05) is 6.54 Å². The molecule has 0 fully saturated rings. The van der Waals surface area contributed by atoms with E-state index in [-0.39, 0.29) is 0 Å².